The molecule has 1 aliphatic heterocycles. The molecule has 3 heterocycles. The number of hydrogen-bond acceptors (Lipinski definition) is 5. The van der Waals surface area contributed by atoms with Crippen LogP contribution in [0.5, 0.6) is 0 Å². The minimum atomic E-state index is 0.278. The number of imidazole rings is 1. The highest BCUT2D eigenvalue weighted by Gasteiger charge is 2.24. The van der Waals surface area contributed by atoms with Crippen LogP contribution in [0.4, 0.5) is 5.82 Å². The maximum atomic E-state index is 9.10. The van der Waals surface area contributed by atoms with Crippen molar-refractivity contribution in [2.24, 2.45) is 11.7 Å². The van der Waals surface area contributed by atoms with Gasteiger partial charge >= 0.3 is 0 Å². The molecular formula is C13H20N4OS. The Morgan fingerprint density at radius 1 is 1.53 bits per heavy atom. The van der Waals surface area contributed by atoms with Gasteiger partial charge in [-0.25, -0.2) is 4.98 Å². The topological polar surface area (TPSA) is 66.8 Å². The Bertz CT molecular complexity index is 548. The van der Waals surface area contributed by atoms with Gasteiger partial charge in [-0.3, -0.25) is 4.40 Å². The standard InChI is InChI=1S/C13H20N4OS/c14-8-11-12(15-13-17(11)5-7-19-13)16-4-1-2-10(9-16)3-6-18/h5,7,10,18H,1-4,6,8-9,14H2. The smallest absolute Gasteiger partial charge is 0.195 e. The summed E-state index contributed by atoms with van der Waals surface area (Å²) in [5.41, 5.74) is 7.00. The van der Waals surface area contributed by atoms with Gasteiger partial charge in [-0.05, 0) is 25.2 Å². The molecule has 0 aromatic carbocycles. The number of thiazole rings is 1. The van der Waals surface area contributed by atoms with Gasteiger partial charge in [-0.15, -0.1) is 11.3 Å². The third-order valence-corrected chi connectivity index (χ3v) is 4.65. The fourth-order valence-corrected chi connectivity index (χ4v) is 3.67. The van der Waals surface area contributed by atoms with E-state index in [4.69, 9.17) is 15.8 Å². The summed E-state index contributed by atoms with van der Waals surface area (Å²) in [6.07, 6.45) is 5.29. The van der Waals surface area contributed by atoms with Crippen molar-refractivity contribution in [2.75, 3.05) is 24.6 Å². The van der Waals surface area contributed by atoms with Crippen LogP contribution in [0.25, 0.3) is 4.96 Å². The molecule has 104 valence electrons. The molecule has 2 aromatic rings. The fourth-order valence-electron chi connectivity index (χ4n) is 2.94. The lowest BCUT2D eigenvalue weighted by atomic mass is 9.95. The minimum Gasteiger partial charge on any atom is -0.396 e. The summed E-state index contributed by atoms with van der Waals surface area (Å²) >= 11 is 1.64. The molecule has 1 fully saturated rings. The number of hydrogen-bond donors (Lipinski definition) is 2. The molecule has 0 radical (unpaired) electrons. The lowest BCUT2D eigenvalue weighted by Crippen LogP contribution is -2.36. The van der Waals surface area contributed by atoms with Crippen LogP contribution < -0.4 is 10.6 Å². The van der Waals surface area contributed by atoms with E-state index in [1.165, 1.54) is 12.8 Å². The number of rotatable bonds is 4. The molecular weight excluding hydrogens is 260 g/mol. The zero-order chi connectivity index (χ0) is 13.2. The molecule has 0 saturated carbocycles. The van der Waals surface area contributed by atoms with Gasteiger partial charge in [0, 0.05) is 37.8 Å². The molecule has 1 aliphatic rings. The molecule has 3 rings (SSSR count). The van der Waals surface area contributed by atoms with E-state index < -0.39 is 0 Å². The number of nitrogens with two attached hydrogens (primary N) is 1. The largest absolute Gasteiger partial charge is 0.396 e. The highest BCUT2D eigenvalue weighted by molar-refractivity contribution is 7.15. The summed E-state index contributed by atoms with van der Waals surface area (Å²) in [6.45, 7) is 2.81. The Labute approximate surface area is 116 Å². The summed E-state index contributed by atoms with van der Waals surface area (Å²) in [6, 6.07) is 0. The van der Waals surface area contributed by atoms with Gasteiger partial charge in [-0.1, -0.05) is 0 Å². The molecule has 19 heavy (non-hydrogen) atoms. The second-order valence-electron chi connectivity index (χ2n) is 5.11. The van der Waals surface area contributed by atoms with Crippen molar-refractivity contribution >= 4 is 22.1 Å². The molecule has 0 spiro atoms. The van der Waals surface area contributed by atoms with Gasteiger partial charge in [-0.2, -0.15) is 0 Å². The van der Waals surface area contributed by atoms with Crippen molar-refractivity contribution in [3.63, 3.8) is 0 Å². The van der Waals surface area contributed by atoms with E-state index in [0.717, 1.165) is 36.0 Å². The van der Waals surface area contributed by atoms with Crippen molar-refractivity contribution in [1.82, 2.24) is 9.38 Å². The van der Waals surface area contributed by atoms with Crippen molar-refractivity contribution in [1.29, 1.82) is 0 Å². The Hall–Kier alpha value is -1.11. The highest BCUT2D eigenvalue weighted by Crippen LogP contribution is 2.29. The van der Waals surface area contributed by atoms with Gasteiger partial charge in [0.25, 0.3) is 0 Å². The Kier molecular flexibility index (Phi) is 3.72. The molecule has 6 heteroatoms. The Morgan fingerprint density at radius 2 is 2.42 bits per heavy atom. The fraction of sp³-hybridized carbons (Fsp3) is 0.615. The van der Waals surface area contributed by atoms with E-state index in [1.54, 1.807) is 11.3 Å². The number of fused-ring (bicyclic) bond motifs is 1. The van der Waals surface area contributed by atoms with E-state index in [-0.39, 0.29) is 6.61 Å². The normalized spacial score (nSPS) is 20.3. The van der Waals surface area contributed by atoms with Gasteiger partial charge in [0.2, 0.25) is 0 Å². The third kappa shape index (κ3) is 2.35. The lowest BCUT2D eigenvalue weighted by molar-refractivity contribution is 0.244. The first-order valence-electron chi connectivity index (χ1n) is 6.83. The van der Waals surface area contributed by atoms with E-state index in [0.29, 0.717) is 12.5 Å². The number of aliphatic hydroxyl groups is 1. The lowest BCUT2D eigenvalue weighted by Gasteiger charge is -2.33. The van der Waals surface area contributed by atoms with Gasteiger partial charge in [0.15, 0.2) is 10.8 Å². The summed E-state index contributed by atoms with van der Waals surface area (Å²) in [5.74, 6) is 1.61. The van der Waals surface area contributed by atoms with Crippen LogP contribution in [-0.2, 0) is 6.54 Å². The predicted octanol–water partition coefficient (Wildman–Crippen LogP) is 1.45. The summed E-state index contributed by atoms with van der Waals surface area (Å²) in [4.78, 5) is 8.08. The van der Waals surface area contributed by atoms with Gasteiger partial charge < -0.3 is 15.7 Å². The predicted molar refractivity (Wildman–Crippen MR) is 77.6 cm³/mol. The average Bonchev–Trinajstić information content (AvgIpc) is 2.99. The summed E-state index contributed by atoms with van der Waals surface area (Å²) < 4.78 is 2.09. The molecule has 3 N–H and O–H groups in total. The minimum absolute atomic E-state index is 0.278. The zero-order valence-electron chi connectivity index (χ0n) is 11.0. The maximum Gasteiger partial charge on any atom is 0.195 e. The third-order valence-electron chi connectivity index (χ3n) is 3.89. The monoisotopic (exact) mass is 280 g/mol. The van der Waals surface area contributed by atoms with Gasteiger partial charge in [0.05, 0.1) is 5.69 Å². The number of nitrogens with zero attached hydrogens (tertiary/aromatic N) is 3. The SMILES string of the molecule is NCc1c(N2CCCC(CCO)C2)nc2sccn12. The van der Waals surface area contributed by atoms with Crippen molar-refractivity contribution in [3.05, 3.63) is 17.3 Å². The van der Waals surface area contributed by atoms with Gasteiger partial charge in [0.1, 0.15) is 0 Å². The van der Waals surface area contributed by atoms with Crippen molar-refractivity contribution in [3.8, 4) is 0 Å². The van der Waals surface area contributed by atoms with Crippen molar-refractivity contribution in [2.45, 2.75) is 25.8 Å². The first-order valence-corrected chi connectivity index (χ1v) is 7.71. The van der Waals surface area contributed by atoms with E-state index in [2.05, 4.69) is 9.30 Å². The van der Waals surface area contributed by atoms with Crippen LogP contribution in [-0.4, -0.2) is 34.2 Å². The van der Waals surface area contributed by atoms with Crippen LogP contribution in [0.3, 0.4) is 0 Å². The number of aromatic nitrogens is 2. The van der Waals surface area contributed by atoms with Crippen LogP contribution in [0, 0.1) is 5.92 Å². The molecule has 2 aromatic heterocycles. The zero-order valence-corrected chi connectivity index (χ0v) is 11.8. The highest BCUT2D eigenvalue weighted by atomic mass is 32.1. The Morgan fingerprint density at radius 3 is 3.21 bits per heavy atom. The van der Waals surface area contributed by atoms with Crippen LogP contribution in [0.15, 0.2) is 11.6 Å². The van der Waals surface area contributed by atoms with E-state index >= 15 is 0 Å². The summed E-state index contributed by atoms with van der Waals surface area (Å²) in [7, 11) is 0. The first kappa shape index (κ1) is 12.9. The molecule has 5 nitrogen and oxygen atoms in total. The number of piperidine rings is 1. The number of anilines is 1. The average molecular weight is 280 g/mol. The molecule has 0 aliphatic carbocycles. The Balaban J connectivity index is 1.88. The molecule has 1 atom stereocenters. The van der Waals surface area contributed by atoms with Crippen molar-refractivity contribution < 1.29 is 5.11 Å². The number of aliphatic hydroxyl groups excluding tert-OH is 1. The molecule has 0 bridgehead atoms. The van der Waals surface area contributed by atoms with E-state index in [9.17, 15) is 0 Å². The summed E-state index contributed by atoms with van der Waals surface area (Å²) in [5, 5.41) is 11.1. The van der Waals surface area contributed by atoms with Crippen LogP contribution >= 0.6 is 11.3 Å². The van der Waals surface area contributed by atoms with Crippen LogP contribution in [0.2, 0.25) is 0 Å². The van der Waals surface area contributed by atoms with Crippen LogP contribution in [0.1, 0.15) is 25.0 Å². The second-order valence-corrected chi connectivity index (χ2v) is 5.98. The molecule has 1 unspecified atom stereocenters. The first-order chi connectivity index (χ1) is 9.33. The quantitative estimate of drug-likeness (QED) is 0.889. The molecule has 1 saturated heterocycles. The molecule has 0 amide bonds. The second kappa shape index (κ2) is 5.48. The van der Waals surface area contributed by atoms with E-state index in [1.807, 2.05) is 11.6 Å². The maximum absolute atomic E-state index is 9.10.